The van der Waals surface area contributed by atoms with Crippen molar-refractivity contribution >= 4 is 11.7 Å². The van der Waals surface area contributed by atoms with E-state index in [1.165, 1.54) is 44.2 Å². The highest BCUT2D eigenvalue weighted by atomic mass is 19.1. The first-order valence-electron chi connectivity index (χ1n) is 8.38. The number of aromatic nitrogens is 1. The van der Waals surface area contributed by atoms with Gasteiger partial charge in [0, 0.05) is 6.20 Å². The summed E-state index contributed by atoms with van der Waals surface area (Å²) >= 11 is 0. The fourth-order valence-electron chi connectivity index (χ4n) is 2.98. The van der Waals surface area contributed by atoms with Crippen LogP contribution >= 0.6 is 0 Å². The Labute approximate surface area is 141 Å². The fourth-order valence-corrected chi connectivity index (χ4v) is 2.98. The number of carbonyl (C=O) groups excluding carboxylic acids is 1. The molecule has 1 heterocycles. The second-order valence-electron chi connectivity index (χ2n) is 6.10. The molecule has 1 fully saturated rings. The molecule has 126 valence electrons. The largest absolute Gasteiger partial charge is 0.489 e. The number of amides is 1. The molecule has 0 atom stereocenters. The molecule has 0 spiro atoms. The Morgan fingerprint density at radius 2 is 1.96 bits per heavy atom. The standard InChI is InChI=1S/C19H21FN2O2/c20-16-10-5-4-9-15(16)19(23)22-18-17(11-6-12-21-18)24-13-14-7-2-1-3-8-14/h4-6,9-12,14H,1-3,7-8,13H2,(H,21,22,23). The number of nitrogens with one attached hydrogen (secondary N) is 1. The lowest BCUT2D eigenvalue weighted by atomic mass is 9.90. The van der Waals surface area contributed by atoms with Gasteiger partial charge in [0.25, 0.3) is 5.91 Å². The Morgan fingerprint density at radius 1 is 1.17 bits per heavy atom. The Balaban J connectivity index is 1.67. The zero-order chi connectivity index (χ0) is 16.8. The number of benzene rings is 1. The van der Waals surface area contributed by atoms with Crippen LogP contribution < -0.4 is 10.1 Å². The molecule has 2 aromatic rings. The van der Waals surface area contributed by atoms with E-state index in [1.807, 2.05) is 0 Å². The summed E-state index contributed by atoms with van der Waals surface area (Å²) in [5.41, 5.74) is -0.0126. The van der Waals surface area contributed by atoms with Crippen molar-refractivity contribution in [3.63, 3.8) is 0 Å². The van der Waals surface area contributed by atoms with Crippen LogP contribution in [0, 0.1) is 11.7 Å². The van der Waals surface area contributed by atoms with E-state index in [1.54, 1.807) is 30.5 Å². The maximum Gasteiger partial charge on any atom is 0.259 e. The third-order valence-corrected chi connectivity index (χ3v) is 4.32. The number of anilines is 1. The van der Waals surface area contributed by atoms with Crippen LogP contribution in [-0.2, 0) is 0 Å². The molecule has 3 rings (SSSR count). The molecular weight excluding hydrogens is 307 g/mol. The predicted octanol–water partition coefficient (Wildman–Crippen LogP) is 4.43. The van der Waals surface area contributed by atoms with Crippen molar-refractivity contribution in [3.8, 4) is 5.75 Å². The van der Waals surface area contributed by atoms with Gasteiger partial charge in [-0.3, -0.25) is 4.79 Å². The molecule has 1 aromatic carbocycles. The molecule has 1 aliphatic rings. The Morgan fingerprint density at radius 3 is 2.75 bits per heavy atom. The maximum absolute atomic E-state index is 13.7. The maximum atomic E-state index is 13.7. The monoisotopic (exact) mass is 328 g/mol. The zero-order valence-corrected chi connectivity index (χ0v) is 13.5. The van der Waals surface area contributed by atoms with Gasteiger partial charge in [-0.1, -0.05) is 31.4 Å². The van der Waals surface area contributed by atoms with Gasteiger partial charge in [-0.2, -0.15) is 0 Å². The van der Waals surface area contributed by atoms with Crippen molar-refractivity contribution < 1.29 is 13.9 Å². The Hall–Kier alpha value is -2.43. The van der Waals surface area contributed by atoms with Gasteiger partial charge in [0.05, 0.1) is 12.2 Å². The lowest BCUT2D eigenvalue weighted by molar-refractivity contribution is 0.102. The molecule has 5 heteroatoms. The van der Waals surface area contributed by atoms with E-state index in [-0.39, 0.29) is 5.56 Å². The summed E-state index contributed by atoms with van der Waals surface area (Å²) in [6.07, 6.45) is 7.72. The van der Waals surface area contributed by atoms with E-state index in [0.29, 0.717) is 24.1 Å². The second-order valence-corrected chi connectivity index (χ2v) is 6.10. The molecular formula is C19H21FN2O2. The summed E-state index contributed by atoms with van der Waals surface area (Å²) in [6.45, 7) is 0.619. The first-order chi connectivity index (χ1) is 11.7. The third-order valence-electron chi connectivity index (χ3n) is 4.32. The smallest absolute Gasteiger partial charge is 0.259 e. The molecule has 1 amide bonds. The minimum absolute atomic E-state index is 0.0126. The van der Waals surface area contributed by atoms with E-state index in [0.717, 1.165) is 0 Å². The number of nitrogens with zero attached hydrogens (tertiary/aromatic N) is 1. The summed E-state index contributed by atoms with van der Waals surface area (Å²) in [4.78, 5) is 16.4. The van der Waals surface area contributed by atoms with Crippen LogP contribution in [0.25, 0.3) is 0 Å². The Bertz CT molecular complexity index is 699. The molecule has 4 nitrogen and oxygen atoms in total. The summed E-state index contributed by atoms with van der Waals surface area (Å²) < 4.78 is 19.6. The van der Waals surface area contributed by atoms with Crippen molar-refractivity contribution in [1.82, 2.24) is 4.98 Å². The SMILES string of the molecule is O=C(Nc1ncccc1OCC1CCCCC1)c1ccccc1F. The molecule has 0 unspecified atom stereocenters. The van der Waals surface area contributed by atoms with Gasteiger partial charge in [0.2, 0.25) is 0 Å². The van der Waals surface area contributed by atoms with Crippen LogP contribution in [0.2, 0.25) is 0 Å². The van der Waals surface area contributed by atoms with Gasteiger partial charge in [0.1, 0.15) is 5.82 Å². The van der Waals surface area contributed by atoms with Gasteiger partial charge in [-0.25, -0.2) is 9.37 Å². The number of rotatable bonds is 5. The number of ether oxygens (including phenoxy) is 1. The van der Waals surface area contributed by atoms with Gasteiger partial charge in [-0.05, 0) is 43.0 Å². The lowest BCUT2D eigenvalue weighted by Gasteiger charge is -2.22. The summed E-state index contributed by atoms with van der Waals surface area (Å²) in [5.74, 6) is 0.299. The zero-order valence-electron chi connectivity index (χ0n) is 13.5. The summed E-state index contributed by atoms with van der Waals surface area (Å²) in [7, 11) is 0. The van der Waals surface area contributed by atoms with Crippen molar-refractivity contribution in [2.24, 2.45) is 5.92 Å². The van der Waals surface area contributed by atoms with E-state index in [4.69, 9.17) is 4.74 Å². The van der Waals surface area contributed by atoms with Crippen molar-refractivity contribution in [2.45, 2.75) is 32.1 Å². The minimum atomic E-state index is -0.560. The average molecular weight is 328 g/mol. The molecule has 1 aromatic heterocycles. The summed E-state index contributed by atoms with van der Waals surface area (Å²) in [5, 5.41) is 2.64. The van der Waals surface area contributed by atoms with E-state index >= 15 is 0 Å². The van der Waals surface area contributed by atoms with Crippen LogP contribution in [-0.4, -0.2) is 17.5 Å². The van der Waals surface area contributed by atoms with Crippen LogP contribution in [0.15, 0.2) is 42.6 Å². The van der Waals surface area contributed by atoms with Gasteiger partial charge < -0.3 is 10.1 Å². The first kappa shape index (κ1) is 16.4. The summed E-state index contributed by atoms with van der Waals surface area (Å²) in [6, 6.07) is 9.40. The molecule has 0 bridgehead atoms. The van der Waals surface area contributed by atoms with Gasteiger partial charge >= 0.3 is 0 Å². The molecule has 1 N–H and O–H groups in total. The number of halogens is 1. The van der Waals surface area contributed by atoms with Crippen molar-refractivity contribution in [3.05, 3.63) is 54.0 Å². The van der Waals surface area contributed by atoms with E-state index in [2.05, 4.69) is 10.3 Å². The highest BCUT2D eigenvalue weighted by molar-refractivity contribution is 6.04. The lowest BCUT2D eigenvalue weighted by Crippen LogP contribution is -2.18. The highest BCUT2D eigenvalue weighted by Crippen LogP contribution is 2.27. The third kappa shape index (κ3) is 4.10. The van der Waals surface area contributed by atoms with Gasteiger partial charge in [-0.15, -0.1) is 0 Å². The number of hydrogen-bond acceptors (Lipinski definition) is 3. The van der Waals surface area contributed by atoms with Crippen LogP contribution in [0.3, 0.4) is 0 Å². The normalized spacial score (nSPS) is 15.0. The van der Waals surface area contributed by atoms with Gasteiger partial charge in [0.15, 0.2) is 11.6 Å². The molecule has 0 saturated heterocycles. The molecule has 1 aliphatic carbocycles. The number of pyridine rings is 1. The first-order valence-corrected chi connectivity index (χ1v) is 8.38. The van der Waals surface area contributed by atoms with Crippen LogP contribution in [0.5, 0.6) is 5.75 Å². The van der Waals surface area contributed by atoms with E-state index in [9.17, 15) is 9.18 Å². The van der Waals surface area contributed by atoms with Crippen molar-refractivity contribution in [1.29, 1.82) is 0 Å². The molecule has 0 radical (unpaired) electrons. The minimum Gasteiger partial charge on any atom is -0.489 e. The van der Waals surface area contributed by atoms with Crippen molar-refractivity contribution in [2.75, 3.05) is 11.9 Å². The number of hydrogen-bond donors (Lipinski definition) is 1. The van der Waals surface area contributed by atoms with E-state index < -0.39 is 11.7 Å². The van der Waals surface area contributed by atoms with Crippen LogP contribution in [0.4, 0.5) is 10.2 Å². The van der Waals surface area contributed by atoms with Crippen LogP contribution in [0.1, 0.15) is 42.5 Å². The Kier molecular flexibility index (Phi) is 5.41. The highest BCUT2D eigenvalue weighted by Gasteiger charge is 2.17. The topological polar surface area (TPSA) is 51.2 Å². The molecule has 0 aliphatic heterocycles. The second kappa shape index (κ2) is 7.90. The fraction of sp³-hybridized carbons (Fsp3) is 0.368. The molecule has 24 heavy (non-hydrogen) atoms. The predicted molar refractivity (Wildman–Crippen MR) is 90.7 cm³/mol. The number of carbonyl (C=O) groups is 1. The average Bonchev–Trinajstić information content (AvgIpc) is 2.62. The quantitative estimate of drug-likeness (QED) is 0.883. The molecule has 1 saturated carbocycles.